The van der Waals surface area contributed by atoms with Gasteiger partial charge >= 0.3 is 11.9 Å². The third-order valence-electron chi connectivity index (χ3n) is 5.55. The molecular formula is C26H28N2O8S. The first-order valence-electron chi connectivity index (χ1n) is 11.2. The normalized spacial score (nSPS) is 12.1. The van der Waals surface area contributed by atoms with E-state index in [9.17, 15) is 18.0 Å². The molecule has 0 saturated carbocycles. The molecule has 3 aromatic rings. The van der Waals surface area contributed by atoms with E-state index in [1.54, 1.807) is 43.5 Å². The van der Waals surface area contributed by atoms with E-state index in [-0.39, 0.29) is 22.0 Å². The van der Waals surface area contributed by atoms with E-state index < -0.39 is 34.5 Å². The minimum Gasteiger partial charge on any atom is -0.497 e. The predicted octanol–water partition coefficient (Wildman–Crippen LogP) is 3.90. The Bertz CT molecular complexity index is 1360. The summed E-state index contributed by atoms with van der Waals surface area (Å²) in [7, 11) is -0.310. The van der Waals surface area contributed by atoms with E-state index in [1.807, 2.05) is 6.92 Å². The number of carbonyl (C=O) groups excluding carboxylic acids is 2. The van der Waals surface area contributed by atoms with Crippen LogP contribution in [0.4, 0.5) is 0 Å². The molecule has 1 unspecified atom stereocenters. The van der Waals surface area contributed by atoms with Crippen LogP contribution in [0.5, 0.6) is 17.4 Å². The van der Waals surface area contributed by atoms with Gasteiger partial charge in [-0.1, -0.05) is 17.7 Å². The first kappa shape index (κ1) is 27.6. The van der Waals surface area contributed by atoms with Gasteiger partial charge in [-0.05, 0) is 56.3 Å². The summed E-state index contributed by atoms with van der Waals surface area (Å²) < 4.78 is 48.8. The first-order valence-corrected chi connectivity index (χ1v) is 12.6. The number of carbonyl (C=O) groups is 2. The van der Waals surface area contributed by atoms with Crippen molar-refractivity contribution in [2.75, 3.05) is 27.9 Å². The van der Waals surface area contributed by atoms with Crippen LogP contribution in [-0.4, -0.2) is 57.5 Å². The van der Waals surface area contributed by atoms with Crippen molar-refractivity contribution < 1.29 is 37.0 Å². The van der Waals surface area contributed by atoms with Crippen molar-refractivity contribution in [1.29, 1.82) is 0 Å². The van der Waals surface area contributed by atoms with Gasteiger partial charge in [-0.15, -0.1) is 0 Å². The van der Waals surface area contributed by atoms with Gasteiger partial charge in [-0.3, -0.25) is 4.79 Å². The fourth-order valence-corrected chi connectivity index (χ4v) is 5.02. The highest BCUT2D eigenvalue weighted by atomic mass is 32.2. The monoisotopic (exact) mass is 528 g/mol. The van der Waals surface area contributed by atoms with Crippen LogP contribution >= 0.6 is 0 Å². The van der Waals surface area contributed by atoms with Crippen LogP contribution in [0.3, 0.4) is 0 Å². The Hall–Kier alpha value is -3.96. The van der Waals surface area contributed by atoms with Crippen LogP contribution in [0.2, 0.25) is 0 Å². The van der Waals surface area contributed by atoms with Crippen LogP contribution in [-0.2, 0) is 24.3 Å². The lowest BCUT2D eigenvalue weighted by Crippen LogP contribution is -2.39. The van der Waals surface area contributed by atoms with Gasteiger partial charge in [-0.2, -0.15) is 4.31 Å². The molecule has 1 heterocycles. The zero-order chi connectivity index (χ0) is 27.2. The van der Waals surface area contributed by atoms with Gasteiger partial charge in [0.05, 0.1) is 43.5 Å². The molecule has 11 heteroatoms. The lowest BCUT2D eigenvalue weighted by molar-refractivity contribution is -0.141. The van der Waals surface area contributed by atoms with Crippen molar-refractivity contribution in [3.05, 3.63) is 77.5 Å². The molecule has 10 nitrogen and oxygen atoms in total. The maximum absolute atomic E-state index is 13.6. The summed E-state index contributed by atoms with van der Waals surface area (Å²) in [5, 5.41) is 0. The number of hydrogen-bond acceptors (Lipinski definition) is 9. The van der Waals surface area contributed by atoms with Gasteiger partial charge in [0.2, 0.25) is 15.9 Å². The summed E-state index contributed by atoms with van der Waals surface area (Å²) in [5.41, 5.74) is 0.924. The second-order valence-corrected chi connectivity index (χ2v) is 9.86. The number of ether oxygens (including phenoxy) is 4. The molecule has 0 aliphatic rings. The molecule has 0 aliphatic carbocycles. The number of nitrogens with zero attached hydrogens (tertiary/aromatic N) is 2. The zero-order valence-electron chi connectivity index (χ0n) is 21.1. The van der Waals surface area contributed by atoms with Gasteiger partial charge in [0.1, 0.15) is 18.0 Å². The van der Waals surface area contributed by atoms with Crippen molar-refractivity contribution >= 4 is 22.0 Å². The molecule has 0 radical (unpaired) electrons. The Balaban J connectivity index is 2.09. The number of esters is 2. The van der Waals surface area contributed by atoms with Crippen LogP contribution < -0.4 is 9.47 Å². The maximum atomic E-state index is 13.6. The lowest BCUT2D eigenvalue weighted by atomic mass is 10.1. The van der Waals surface area contributed by atoms with Gasteiger partial charge in [-0.25, -0.2) is 18.2 Å². The molecule has 0 aliphatic heterocycles. The summed E-state index contributed by atoms with van der Waals surface area (Å²) in [5.74, 6) is -0.332. The number of rotatable bonds is 10. The Kier molecular flexibility index (Phi) is 8.85. The third kappa shape index (κ3) is 6.43. The highest BCUT2D eigenvalue weighted by molar-refractivity contribution is 7.89. The number of methoxy groups -OCH3 is 3. The highest BCUT2D eigenvalue weighted by Gasteiger charge is 2.35. The number of hydrogen-bond donors (Lipinski definition) is 0. The molecule has 3 rings (SSSR count). The molecule has 37 heavy (non-hydrogen) atoms. The average molecular weight is 529 g/mol. The van der Waals surface area contributed by atoms with Crippen molar-refractivity contribution in [2.24, 2.45) is 0 Å². The van der Waals surface area contributed by atoms with E-state index in [0.29, 0.717) is 11.5 Å². The fraction of sp³-hybridized carbons (Fsp3) is 0.269. The Morgan fingerprint density at radius 1 is 0.892 bits per heavy atom. The van der Waals surface area contributed by atoms with Gasteiger partial charge in [0.25, 0.3) is 0 Å². The second-order valence-electron chi connectivity index (χ2n) is 7.97. The molecule has 0 saturated heterocycles. The van der Waals surface area contributed by atoms with Gasteiger partial charge < -0.3 is 18.9 Å². The van der Waals surface area contributed by atoms with Crippen molar-refractivity contribution in [3.8, 4) is 17.4 Å². The largest absolute Gasteiger partial charge is 0.497 e. The Morgan fingerprint density at radius 3 is 2.08 bits per heavy atom. The van der Waals surface area contributed by atoms with Crippen LogP contribution in [0.25, 0.3) is 0 Å². The number of sulfonamides is 1. The van der Waals surface area contributed by atoms with E-state index in [4.69, 9.17) is 18.9 Å². The third-order valence-corrected chi connectivity index (χ3v) is 7.48. The smallest absolute Gasteiger partial charge is 0.339 e. The number of benzene rings is 2. The molecule has 0 amide bonds. The minimum atomic E-state index is -4.21. The highest BCUT2D eigenvalue weighted by Crippen LogP contribution is 2.31. The summed E-state index contributed by atoms with van der Waals surface area (Å²) >= 11 is 0. The summed E-state index contributed by atoms with van der Waals surface area (Å²) in [6, 6.07) is 14.7. The van der Waals surface area contributed by atoms with E-state index in [2.05, 4.69) is 4.98 Å². The predicted molar refractivity (Wildman–Crippen MR) is 134 cm³/mol. The molecule has 0 N–H and O–H groups in total. The van der Waals surface area contributed by atoms with E-state index in [0.717, 1.165) is 17.0 Å². The van der Waals surface area contributed by atoms with Gasteiger partial charge in [0.15, 0.2) is 0 Å². The molecular weight excluding hydrogens is 500 g/mol. The Morgan fingerprint density at radius 2 is 1.51 bits per heavy atom. The topological polar surface area (TPSA) is 121 Å². The van der Waals surface area contributed by atoms with E-state index >= 15 is 0 Å². The summed E-state index contributed by atoms with van der Waals surface area (Å²) in [4.78, 5) is 29.2. The summed E-state index contributed by atoms with van der Waals surface area (Å²) in [6.07, 6.45) is 0. The van der Waals surface area contributed by atoms with Crippen molar-refractivity contribution in [1.82, 2.24) is 9.29 Å². The van der Waals surface area contributed by atoms with Crippen molar-refractivity contribution in [2.45, 2.75) is 24.8 Å². The SMILES string of the molecule is COC(=O)CN(C(C)c1nc(Oc2ccc(OC)cc2)ccc1C(=O)OC)S(=O)(=O)c1ccc(C)cc1. The molecule has 1 aromatic heterocycles. The zero-order valence-corrected chi connectivity index (χ0v) is 21.9. The quantitative estimate of drug-likeness (QED) is 0.361. The average Bonchev–Trinajstić information content (AvgIpc) is 2.91. The lowest BCUT2D eigenvalue weighted by Gasteiger charge is -2.28. The van der Waals surface area contributed by atoms with Crippen molar-refractivity contribution in [3.63, 3.8) is 0 Å². The molecule has 1 atom stereocenters. The molecule has 0 spiro atoms. The Labute approximate surface area is 215 Å². The number of pyridine rings is 1. The minimum absolute atomic E-state index is 0.0195. The molecule has 2 aromatic carbocycles. The number of aromatic nitrogens is 1. The standard InChI is InChI=1S/C26H28N2O8S/c1-17-6-12-21(13-7-17)37(31,32)28(16-24(29)34-4)18(2)25-22(26(30)35-5)14-15-23(27-25)36-20-10-8-19(33-3)9-11-20/h6-15,18H,16H2,1-5H3. The first-order chi connectivity index (χ1) is 17.6. The fourth-order valence-electron chi connectivity index (χ4n) is 3.48. The molecule has 196 valence electrons. The van der Waals surface area contributed by atoms with Crippen LogP contribution in [0.15, 0.2) is 65.6 Å². The number of aryl methyl sites for hydroxylation is 1. The van der Waals surface area contributed by atoms with Gasteiger partial charge in [0, 0.05) is 6.07 Å². The molecule has 0 bridgehead atoms. The molecule has 0 fully saturated rings. The summed E-state index contributed by atoms with van der Waals surface area (Å²) in [6.45, 7) is 2.73. The van der Waals surface area contributed by atoms with Crippen LogP contribution in [0.1, 0.15) is 34.6 Å². The maximum Gasteiger partial charge on any atom is 0.339 e. The van der Waals surface area contributed by atoms with E-state index in [1.165, 1.54) is 38.3 Å². The van der Waals surface area contributed by atoms with Crippen LogP contribution in [0, 0.1) is 6.92 Å². The second kappa shape index (κ2) is 11.8.